The van der Waals surface area contributed by atoms with Crippen LogP contribution in [0, 0.1) is 0 Å². The molecule has 0 radical (unpaired) electrons. The first-order chi connectivity index (χ1) is 7.84. The smallest absolute Gasteiger partial charge is 0.131 e. The van der Waals surface area contributed by atoms with Crippen LogP contribution in [0.1, 0.15) is 23.4 Å². The molecule has 84 valence electrons. The third kappa shape index (κ3) is 1.61. The van der Waals surface area contributed by atoms with Crippen molar-refractivity contribution in [1.82, 2.24) is 10.3 Å². The molecule has 1 unspecified atom stereocenters. The summed E-state index contributed by atoms with van der Waals surface area (Å²) in [5.74, 6) is 0. The molecule has 1 aliphatic heterocycles. The zero-order chi connectivity index (χ0) is 11.0. The average Bonchev–Trinajstić information content (AvgIpc) is 2.73. The van der Waals surface area contributed by atoms with Crippen molar-refractivity contribution < 1.29 is 4.39 Å². The fourth-order valence-electron chi connectivity index (χ4n) is 2.37. The Morgan fingerprint density at radius 3 is 3.12 bits per heavy atom. The van der Waals surface area contributed by atoms with Crippen molar-refractivity contribution in [2.75, 3.05) is 6.54 Å². The Kier molecular flexibility index (Phi) is 2.40. The van der Waals surface area contributed by atoms with Crippen LogP contribution < -0.4 is 5.32 Å². The number of rotatable bonds is 1. The lowest BCUT2D eigenvalue weighted by atomic mass is 10.00. The van der Waals surface area contributed by atoms with Gasteiger partial charge in [-0.1, -0.05) is 18.2 Å². The van der Waals surface area contributed by atoms with Gasteiger partial charge in [0.2, 0.25) is 0 Å². The highest BCUT2D eigenvalue weighted by Gasteiger charge is 2.20. The summed E-state index contributed by atoms with van der Waals surface area (Å²) in [5, 5.41) is 3.32. The number of hydrogen-bond acceptors (Lipinski definition) is 1. The van der Waals surface area contributed by atoms with Crippen LogP contribution in [0.4, 0.5) is 4.39 Å². The quantitative estimate of drug-likeness (QED) is 0.744. The summed E-state index contributed by atoms with van der Waals surface area (Å²) in [6, 6.07) is 2.08. The number of fused-ring (bicyclic) bond motifs is 1. The van der Waals surface area contributed by atoms with E-state index in [0.717, 1.165) is 30.8 Å². The third-order valence-electron chi connectivity index (χ3n) is 3.26. The van der Waals surface area contributed by atoms with Gasteiger partial charge in [0.15, 0.2) is 0 Å². The molecule has 0 fully saturated rings. The minimum Gasteiger partial charge on any atom is -0.358 e. The summed E-state index contributed by atoms with van der Waals surface area (Å²) in [4.78, 5) is 3.35. The maximum Gasteiger partial charge on any atom is 0.131 e. The number of allylic oxidation sites excluding steroid dienone is 4. The lowest BCUT2D eigenvalue weighted by Crippen LogP contribution is -2.22. The SMILES string of the molecule is FC1CC=CC=C1c1cc2c([nH]1)CCNC2. The predicted octanol–water partition coefficient (Wildman–Crippen LogP) is 2.34. The highest BCUT2D eigenvalue weighted by atomic mass is 19.1. The molecule has 0 amide bonds. The van der Waals surface area contributed by atoms with Gasteiger partial charge in [-0.25, -0.2) is 4.39 Å². The first-order valence-corrected chi connectivity index (χ1v) is 5.77. The minimum atomic E-state index is -0.863. The predicted molar refractivity (Wildman–Crippen MR) is 62.8 cm³/mol. The summed E-state index contributed by atoms with van der Waals surface area (Å²) in [5.41, 5.74) is 4.28. The second-order valence-corrected chi connectivity index (χ2v) is 4.37. The lowest BCUT2D eigenvalue weighted by Gasteiger charge is -2.12. The summed E-state index contributed by atoms with van der Waals surface area (Å²) < 4.78 is 13.7. The molecule has 0 spiro atoms. The summed E-state index contributed by atoms with van der Waals surface area (Å²) in [6.07, 6.45) is 6.32. The number of aromatic amines is 1. The maximum absolute atomic E-state index is 13.7. The fraction of sp³-hybridized carbons (Fsp3) is 0.385. The summed E-state index contributed by atoms with van der Waals surface area (Å²) >= 11 is 0. The van der Waals surface area contributed by atoms with Crippen molar-refractivity contribution in [3.05, 3.63) is 41.2 Å². The Hall–Kier alpha value is -1.35. The van der Waals surface area contributed by atoms with Crippen molar-refractivity contribution in [2.24, 2.45) is 0 Å². The Balaban J connectivity index is 1.97. The number of hydrogen-bond donors (Lipinski definition) is 2. The second kappa shape index (κ2) is 3.91. The molecule has 0 saturated heterocycles. The van der Waals surface area contributed by atoms with Gasteiger partial charge >= 0.3 is 0 Å². The van der Waals surface area contributed by atoms with Crippen LogP contribution >= 0.6 is 0 Å². The highest BCUT2D eigenvalue weighted by molar-refractivity contribution is 5.70. The first-order valence-electron chi connectivity index (χ1n) is 5.77. The van der Waals surface area contributed by atoms with Crippen LogP contribution in [-0.2, 0) is 13.0 Å². The fourth-order valence-corrected chi connectivity index (χ4v) is 2.37. The van der Waals surface area contributed by atoms with Crippen LogP contribution in [0.2, 0.25) is 0 Å². The number of nitrogens with one attached hydrogen (secondary N) is 2. The molecule has 0 aromatic carbocycles. The van der Waals surface area contributed by atoms with E-state index in [4.69, 9.17) is 0 Å². The number of alkyl halides is 1. The standard InChI is InChI=1S/C13H15FN2/c14-11-4-2-1-3-10(11)13-7-9-8-15-6-5-12(9)16-13/h1-3,7,11,15-16H,4-6,8H2. The minimum absolute atomic E-state index is 0.494. The number of aromatic nitrogens is 1. The first kappa shape index (κ1) is 9.85. The van der Waals surface area contributed by atoms with Crippen LogP contribution in [-0.4, -0.2) is 17.7 Å². The molecule has 0 saturated carbocycles. The molecule has 2 aliphatic rings. The van der Waals surface area contributed by atoms with Crippen molar-refractivity contribution in [2.45, 2.75) is 25.6 Å². The van der Waals surface area contributed by atoms with Crippen molar-refractivity contribution in [3.8, 4) is 0 Å². The zero-order valence-electron chi connectivity index (χ0n) is 9.09. The van der Waals surface area contributed by atoms with Gasteiger partial charge in [-0.3, -0.25) is 0 Å². The molecule has 1 aromatic rings. The van der Waals surface area contributed by atoms with Crippen molar-refractivity contribution >= 4 is 5.57 Å². The molecule has 16 heavy (non-hydrogen) atoms. The van der Waals surface area contributed by atoms with E-state index >= 15 is 0 Å². The zero-order valence-corrected chi connectivity index (χ0v) is 9.09. The van der Waals surface area contributed by atoms with E-state index in [2.05, 4.69) is 16.4 Å². The normalized spacial score (nSPS) is 24.1. The van der Waals surface area contributed by atoms with E-state index in [1.165, 1.54) is 11.3 Å². The monoisotopic (exact) mass is 218 g/mol. The molecular formula is C13H15FN2. The van der Waals surface area contributed by atoms with Gasteiger partial charge in [0.05, 0.1) is 0 Å². The molecule has 3 heteroatoms. The van der Waals surface area contributed by atoms with Gasteiger partial charge in [0, 0.05) is 42.9 Å². The Morgan fingerprint density at radius 1 is 1.38 bits per heavy atom. The molecule has 1 aliphatic carbocycles. The summed E-state index contributed by atoms with van der Waals surface area (Å²) in [7, 11) is 0. The van der Waals surface area contributed by atoms with Crippen LogP contribution in [0.15, 0.2) is 24.3 Å². The Morgan fingerprint density at radius 2 is 2.31 bits per heavy atom. The molecule has 2 nitrogen and oxygen atoms in total. The van der Waals surface area contributed by atoms with E-state index in [-0.39, 0.29) is 0 Å². The topological polar surface area (TPSA) is 27.8 Å². The molecule has 1 aromatic heterocycles. The average molecular weight is 218 g/mol. The molecule has 1 atom stereocenters. The van der Waals surface area contributed by atoms with E-state index in [0.29, 0.717) is 6.42 Å². The van der Waals surface area contributed by atoms with Gasteiger partial charge < -0.3 is 10.3 Å². The molecule has 2 N–H and O–H groups in total. The van der Waals surface area contributed by atoms with Crippen LogP contribution in [0.25, 0.3) is 5.57 Å². The highest BCUT2D eigenvalue weighted by Crippen LogP contribution is 2.28. The Labute approximate surface area is 94.2 Å². The van der Waals surface area contributed by atoms with Gasteiger partial charge in [-0.2, -0.15) is 0 Å². The van der Waals surface area contributed by atoms with E-state index in [1.54, 1.807) is 0 Å². The van der Waals surface area contributed by atoms with E-state index < -0.39 is 6.17 Å². The number of H-pyrrole nitrogens is 1. The van der Waals surface area contributed by atoms with Gasteiger partial charge in [0.25, 0.3) is 0 Å². The molecule has 3 rings (SSSR count). The third-order valence-corrected chi connectivity index (χ3v) is 3.26. The maximum atomic E-state index is 13.7. The van der Waals surface area contributed by atoms with Gasteiger partial charge in [-0.15, -0.1) is 0 Å². The summed E-state index contributed by atoms with van der Waals surface area (Å²) in [6.45, 7) is 1.90. The van der Waals surface area contributed by atoms with Crippen LogP contribution in [0.5, 0.6) is 0 Å². The van der Waals surface area contributed by atoms with Crippen molar-refractivity contribution in [1.29, 1.82) is 0 Å². The van der Waals surface area contributed by atoms with E-state index in [9.17, 15) is 4.39 Å². The van der Waals surface area contributed by atoms with Crippen molar-refractivity contribution in [3.63, 3.8) is 0 Å². The molecule has 0 bridgehead atoms. The second-order valence-electron chi connectivity index (χ2n) is 4.37. The van der Waals surface area contributed by atoms with Gasteiger partial charge in [-0.05, 0) is 11.6 Å². The van der Waals surface area contributed by atoms with E-state index in [1.807, 2.05) is 18.2 Å². The molecular weight excluding hydrogens is 203 g/mol. The van der Waals surface area contributed by atoms with Gasteiger partial charge in [0.1, 0.15) is 6.17 Å². The number of halogens is 1. The van der Waals surface area contributed by atoms with Crippen LogP contribution in [0.3, 0.4) is 0 Å². The lowest BCUT2D eigenvalue weighted by molar-refractivity contribution is 0.413. The Bertz CT molecular complexity index is 433. The largest absolute Gasteiger partial charge is 0.358 e. The molecule has 2 heterocycles.